The Morgan fingerprint density at radius 3 is 2.78 bits per heavy atom. The Morgan fingerprint density at radius 1 is 1.56 bits per heavy atom. The fourth-order valence-electron chi connectivity index (χ4n) is 1.01. The number of thioether (sulfide) groups is 1. The summed E-state index contributed by atoms with van der Waals surface area (Å²) in [7, 11) is 0. The SMILES string of the molecule is CC(C)OC1CCSC1. The van der Waals surface area contributed by atoms with Gasteiger partial charge in [-0.05, 0) is 26.0 Å². The summed E-state index contributed by atoms with van der Waals surface area (Å²) < 4.78 is 5.59. The van der Waals surface area contributed by atoms with E-state index in [0.717, 1.165) is 0 Å². The second kappa shape index (κ2) is 3.47. The highest BCUT2D eigenvalue weighted by molar-refractivity contribution is 7.99. The molecule has 0 bridgehead atoms. The average molecular weight is 146 g/mol. The molecule has 0 N–H and O–H groups in total. The van der Waals surface area contributed by atoms with Crippen LogP contribution in [0.4, 0.5) is 0 Å². The van der Waals surface area contributed by atoms with Gasteiger partial charge in [-0.15, -0.1) is 0 Å². The van der Waals surface area contributed by atoms with Crippen molar-refractivity contribution in [1.82, 2.24) is 0 Å². The molecule has 0 amide bonds. The zero-order valence-corrected chi connectivity index (χ0v) is 6.91. The Morgan fingerprint density at radius 2 is 2.33 bits per heavy atom. The zero-order chi connectivity index (χ0) is 6.69. The van der Waals surface area contributed by atoms with Gasteiger partial charge in [-0.25, -0.2) is 0 Å². The molecule has 0 aliphatic carbocycles. The van der Waals surface area contributed by atoms with Gasteiger partial charge in [0.25, 0.3) is 0 Å². The highest BCUT2D eigenvalue weighted by Crippen LogP contribution is 2.20. The summed E-state index contributed by atoms with van der Waals surface area (Å²) in [5, 5.41) is 0. The van der Waals surface area contributed by atoms with Crippen molar-refractivity contribution in [3.05, 3.63) is 0 Å². The maximum atomic E-state index is 5.59. The Bertz CT molecular complexity index is 77.0. The minimum Gasteiger partial charge on any atom is -0.375 e. The third kappa shape index (κ3) is 2.59. The van der Waals surface area contributed by atoms with Crippen LogP contribution in [0.3, 0.4) is 0 Å². The molecule has 1 nitrogen and oxygen atoms in total. The molecule has 54 valence electrons. The molecule has 1 saturated heterocycles. The number of hydrogen-bond acceptors (Lipinski definition) is 2. The van der Waals surface area contributed by atoms with E-state index in [0.29, 0.717) is 12.2 Å². The maximum Gasteiger partial charge on any atom is 0.0676 e. The Labute approximate surface area is 61.2 Å². The lowest BCUT2D eigenvalue weighted by Crippen LogP contribution is -2.16. The summed E-state index contributed by atoms with van der Waals surface area (Å²) in [6.07, 6.45) is 2.21. The van der Waals surface area contributed by atoms with E-state index in [1.807, 2.05) is 11.8 Å². The summed E-state index contributed by atoms with van der Waals surface area (Å²) in [5.74, 6) is 2.50. The van der Waals surface area contributed by atoms with Gasteiger partial charge in [0.15, 0.2) is 0 Å². The average Bonchev–Trinajstić information content (AvgIpc) is 2.15. The van der Waals surface area contributed by atoms with Gasteiger partial charge in [0.2, 0.25) is 0 Å². The molecule has 1 unspecified atom stereocenters. The lowest BCUT2D eigenvalue weighted by molar-refractivity contribution is 0.0237. The molecular weight excluding hydrogens is 132 g/mol. The van der Waals surface area contributed by atoms with E-state index in [-0.39, 0.29) is 0 Å². The van der Waals surface area contributed by atoms with Crippen molar-refractivity contribution in [2.24, 2.45) is 0 Å². The van der Waals surface area contributed by atoms with E-state index in [4.69, 9.17) is 4.74 Å². The molecule has 0 radical (unpaired) electrons. The Kier molecular flexibility index (Phi) is 2.86. The first-order valence-electron chi connectivity index (χ1n) is 3.52. The van der Waals surface area contributed by atoms with Crippen LogP contribution >= 0.6 is 11.8 Å². The Balaban J connectivity index is 2.11. The standard InChI is InChI=1S/C7H14OS/c1-6(2)8-7-3-4-9-5-7/h6-7H,3-5H2,1-2H3. The van der Waals surface area contributed by atoms with E-state index >= 15 is 0 Å². The topological polar surface area (TPSA) is 9.23 Å². The van der Waals surface area contributed by atoms with Gasteiger partial charge in [0, 0.05) is 5.75 Å². The first-order valence-corrected chi connectivity index (χ1v) is 4.67. The smallest absolute Gasteiger partial charge is 0.0676 e. The quantitative estimate of drug-likeness (QED) is 0.588. The summed E-state index contributed by atoms with van der Waals surface area (Å²) >= 11 is 2.00. The van der Waals surface area contributed by atoms with Gasteiger partial charge < -0.3 is 4.74 Å². The van der Waals surface area contributed by atoms with Gasteiger partial charge in [-0.1, -0.05) is 0 Å². The summed E-state index contributed by atoms with van der Waals surface area (Å²) in [5.41, 5.74) is 0. The van der Waals surface area contributed by atoms with Crippen molar-refractivity contribution in [3.63, 3.8) is 0 Å². The monoisotopic (exact) mass is 146 g/mol. The van der Waals surface area contributed by atoms with E-state index in [1.165, 1.54) is 17.9 Å². The van der Waals surface area contributed by atoms with E-state index < -0.39 is 0 Å². The van der Waals surface area contributed by atoms with Crippen molar-refractivity contribution in [2.45, 2.75) is 32.5 Å². The summed E-state index contributed by atoms with van der Waals surface area (Å²) in [4.78, 5) is 0. The van der Waals surface area contributed by atoms with Crippen LogP contribution in [0.2, 0.25) is 0 Å². The predicted octanol–water partition coefficient (Wildman–Crippen LogP) is 1.92. The molecule has 1 heterocycles. The van der Waals surface area contributed by atoms with Gasteiger partial charge in [0.1, 0.15) is 0 Å². The molecule has 1 rings (SSSR count). The highest BCUT2D eigenvalue weighted by Gasteiger charge is 2.16. The molecule has 1 aliphatic rings. The molecule has 9 heavy (non-hydrogen) atoms. The Hall–Kier alpha value is 0.310. The molecule has 0 spiro atoms. The second-order valence-corrected chi connectivity index (χ2v) is 3.82. The molecular formula is C7H14OS. The van der Waals surface area contributed by atoms with E-state index in [1.54, 1.807) is 0 Å². The first kappa shape index (κ1) is 7.42. The highest BCUT2D eigenvalue weighted by atomic mass is 32.2. The first-order chi connectivity index (χ1) is 4.29. The zero-order valence-electron chi connectivity index (χ0n) is 6.09. The second-order valence-electron chi connectivity index (χ2n) is 2.67. The molecule has 1 atom stereocenters. The molecule has 0 aromatic carbocycles. The van der Waals surface area contributed by atoms with Crippen LogP contribution in [0.25, 0.3) is 0 Å². The molecule has 0 aromatic heterocycles. The van der Waals surface area contributed by atoms with Crippen LogP contribution in [0.15, 0.2) is 0 Å². The van der Waals surface area contributed by atoms with Crippen molar-refractivity contribution in [2.75, 3.05) is 11.5 Å². The lowest BCUT2D eigenvalue weighted by Gasteiger charge is -2.12. The summed E-state index contributed by atoms with van der Waals surface area (Å²) in [6, 6.07) is 0. The number of rotatable bonds is 2. The molecule has 2 heteroatoms. The third-order valence-electron chi connectivity index (χ3n) is 1.35. The number of hydrogen-bond donors (Lipinski definition) is 0. The maximum absolute atomic E-state index is 5.59. The fraction of sp³-hybridized carbons (Fsp3) is 1.00. The summed E-state index contributed by atoms with van der Waals surface area (Å²) in [6.45, 7) is 4.20. The van der Waals surface area contributed by atoms with Crippen LogP contribution in [0.5, 0.6) is 0 Å². The van der Waals surface area contributed by atoms with Gasteiger partial charge in [0.05, 0.1) is 12.2 Å². The third-order valence-corrected chi connectivity index (χ3v) is 2.48. The van der Waals surface area contributed by atoms with Crippen molar-refractivity contribution >= 4 is 11.8 Å². The van der Waals surface area contributed by atoms with Crippen LogP contribution < -0.4 is 0 Å². The van der Waals surface area contributed by atoms with Gasteiger partial charge in [-0.2, -0.15) is 11.8 Å². The number of ether oxygens (including phenoxy) is 1. The minimum absolute atomic E-state index is 0.411. The molecule has 0 aromatic rings. The van der Waals surface area contributed by atoms with Gasteiger partial charge >= 0.3 is 0 Å². The van der Waals surface area contributed by atoms with Crippen LogP contribution in [0, 0.1) is 0 Å². The lowest BCUT2D eigenvalue weighted by atomic mass is 10.3. The minimum atomic E-state index is 0.411. The van der Waals surface area contributed by atoms with Crippen molar-refractivity contribution in [3.8, 4) is 0 Å². The fourth-order valence-corrected chi connectivity index (χ4v) is 2.11. The van der Waals surface area contributed by atoms with E-state index in [9.17, 15) is 0 Å². The normalized spacial score (nSPS) is 27.7. The van der Waals surface area contributed by atoms with E-state index in [2.05, 4.69) is 13.8 Å². The van der Waals surface area contributed by atoms with Crippen LogP contribution in [-0.4, -0.2) is 23.7 Å². The molecule has 1 fully saturated rings. The van der Waals surface area contributed by atoms with Crippen LogP contribution in [-0.2, 0) is 4.74 Å². The van der Waals surface area contributed by atoms with Gasteiger partial charge in [-0.3, -0.25) is 0 Å². The largest absolute Gasteiger partial charge is 0.375 e. The predicted molar refractivity (Wildman–Crippen MR) is 42.0 cm³/mol. The van der Waals surface area contributed by atoms with Crippen molar-refractivity contribution in [1.29, 1.82) is 0 Å². The molecule has 0 saturated carbocycles. The molecule has 1 aliphatic heterocycles. The van der Waals surface area contributed by atoms with Crippen molar-refractivity contribution < 1.29 is 4.74 Å². The van der Waals surface area contributed by atoms with Crippen LogP contribution in [0.1, 0.15) is 20.3 Å².